The Labute approximate surface area is 103 Å². The number of nitro benzene ring substituents is 1. The lowest BCUT2D eigenvalue weighted by molar-refractivity contribution is -0.385. The average Bonchev–Trinajstić information content (AvgIpc) is 2.27. The lowest BCUT2D eigenvalue weighted by atomic mass is 10.2. The summed E-state index contributed by atoms with van der Waals surface area (Å²) >= 11 is 0. The SMILES string of the molecule is CC(=O)NCCC#Cc1cc(F)ccc1[N+](=O)[O-]. The van der Waals surface area contributed by atoms with Crippen LogP contribution < -0.4 is 5.32 Å². The average molecular weight is 250 g/mol. The van der Waals surface area contributed by atoms with E-state index < -0.39 is 10.7 Å². The third kappa shape index (κ3) is 4.22. The van der Waals surface area contributed by atoms with Crippen molar-refractivity contribution in [3.05, 3.63) is 39.7 Å². The smallest absolute Gasteiger partial charge is 0.285 e. The molecule has 0 saturated heterocycles. The van der Waals surface area contributed by atoms with Crippen molar-refractivity contribution in [3.8, 4) is 11.8 Å². The second-order valence-electron chi connectivity index (χ2n) is 3.45. The Kier molecular flexibility index (Phi) is 4.81. The van der Waals surface area contributed by atoms with Crippen LogP contribution >= 0.6 is 0 Å². The van der Waals surface area contributed by atoms with Gasteiger partial charge in [-0.15, -0.1) is 0 Å². The molecule has 1 amide bonds. The fourth-order valence-electron chi connectivity index (χ4n) is 1.23. The van der Waals surface area contributed by atoms with Crippen LogP contribution in [0.1, 0.15) is 18.9 Å². The van der Waals surface area contributed by atoms with Crippen LogP contribution in [-0.2, 0) is 4.79 Å². The van der Waals surface area contributed by atoms with Crippen LogP contribution in [0.3, 0.4) is 0 Å². The van der Waals surface area contributed by atoms with E-state index in [1.54, 1.807) is 0 Å². The highest BCUT2D eigenvalue weighted by molar-refractivity contribution is 5.72. The van der Waals surface area contributed by atoms with Crippen molar-refractivity contribution >= 4 is 11.6 Å². The van der Waals surface area contributed by atoms with Crippen LogP contribution in [0, 0.1) is 27.8 Å². The van der Waals surface area contributed by atoms with Crippen molar-refractivity contribution in [1.29, 1.82) is 0 Å². The van der Waals surface area contributed by atoms with E-state index in [2.05, 4.69) is 17.2 Å². The van der Waals surface area contributed by atoms with Crippen LogP contribution in [-0.4, -0.2) is 17.4 Å². The molecule has 0 atom stereocenters. The Morgan fingerprint density at radius 1 is 1.56 bits per heavy atom. The van der Waals surface area contributed by atoms with Crippen LogP contribution in [0.15, 0.2) is 18.2 Å². The number of amides is 1. The summed E-state index contributed by atoms with van der Waals surface area (Å²) in [5.41, 5.74) is -0.203. The Morgan fingerprint density at radius 2 is 2.28 bits per heavy atom. The predicted molar refractivity (Wildman–Crippen MR) is 63.2 cm³/mol. The summed E-state index contributed by atoms with van der Waals surface area (Å²) in [6, 6.07) is 3.11. The zero-order chi connectivity index (χ0) is 13.5. The fourth-order valence-corrected chi connectivity index (χ4v) is 1.23. The zero-order valence-electron chi connectivity index (χ0n) is 9.70. The lowest BCUT2D eigenvalue weighted by Gasteiger charge is -1.96. The van der Waals surface area contributed by atoms with Gasteiger partial charge in [-0.1, -0.05) is 11.8 Å². The van der Waals surface area contributed by atoms with Crippen molar-refractivity contribution in [2.45, 2.75) is 13.3 Å². The molecule has 94 valence electrons. The van der Waals surface area contributed by atoms with Crippen molar-refractivity contribution in [2.24, 2.45) is 0 Å². The Balaban J connectivity index is 2.77. The summed E-state index contributed by atoms with van der Waals surface area (Å²) in [5.74, 6) is 4.42. The van der Waals surface area contributed by atoms with Crippen molar-refractivity contribution in [3.63, 3.8) is 0 Å². The van der Waals surface area contributed by atoms with E-state index in [0.717, 1.165) is 18.2 Å². The van der Waals surface area contributed by atoms with E-state index in [1.807, 2.05) is 0 Å². The number of benzene rings is 1. The highest BCUT2D eigenvalue weighted by atomic mass is 19.1. The molecule has 1 rings (SSSR count). The molecule has 0 saturated carbocycles. The molecule has 6 heteroatoms. The van der Waals surface area contributed by atoms with Crippen LogP contribution in [0.2, 0.25) is 0 Å². The molecule has 0 bridgehead atoms. The number of carbonyl (C=O) groups is 1. The normalized spacial score (nSPS) is 9.22. The lowest BCUT2D eigenvalue weighted by Crippen LogP contribution is -2.20. The summed E-state index contributed by atoms with van der Waals surface area (Å²) in [6.07, 6.45) is 0.341. The summed E-state index contributed by atoms with van der Waals surface area (Å²) in [7, 11) is 0. The summed E-state index contributed by atoms with van der Waals surface area (Å²) in [5, 5.41) is 13.2. The molecule has 1 aromatic rings. The van der Waals surface area contributed by atoms with E-state index in [-0.39, 0.29) is 17.2 Å². The molecule has 0 aliphatic carbocycles. The summed E-state index contributed by atoms with van der Waals surface area (Å²) in [4.78, 5) is 20.6. The number of nitrogens with zero attached hydrogens (tertiary/aromatic N) is 1. The van der Waals surface area contributed by atoms with E-state index in [1.165, 1.54) is 6.92 Å². The Hall–Kier alpha value is -2.42. The standard InChI is InChI=1S/C12H11FN2O3/c1-9(16)14-7-3-2-4-10-8-11(13)5-6-12(10)15(17)18/h5-6,8H,3,7H2,1H3,(H,14,16). The van der Waals surface area contributed by atoms with Crippen LogP contribution in [0.5, 0.6) is 0 Å². The maximum Gasteiger partial charge on any atom is 0.285 e. The molecular formula is C12H11FN2O3. The van der Waals surface area contributed by atoms with Crippen LogP contribution in [0.25, 0.3) is 0 Å². The van der Waals surface area contributed by atoms with Gasteiger partial charge in [0.1, 0.15) is 11.4 Å². The molecule has 0 aliphatic heterocycles. The number of nitrogens with one attached hydrogen (secondary N) is 1. The van der Waals surface area contributed by atoms with Gasteiger partial charge in [-0.05, 0) is 12.1 Å². The molecule has 0 aromatic heterocycles. The van der Waals surface area contributed by atoms with E-state index in [9.17, 15) is 19.3 Å². The highest BCUT2D eigenvalue weighted by Gasteiger charge is 2.12. The molecule has 0 spiro atoms. The van der Waals surface area contributed by atoms with E-state index in [0.29, 0.717) is 13.0 Å². The first-order chi connectivity index (χ1) is 8.50. The minimum Gasteiger partial charge on any atom is -0.355 e. The number of hydrogen-bond acceptors (Lipinski definition) is 3. The number of nitro groups is 1. The third-order valence-corrected chi connectivity index (χ3v) is 2.00. The van der Waals surface area contributed by atoms with Gasteiger partial charge in [0.2, 0.25) is 5.91 Å². The second kappa shape index (κ2) is 6.35. The molecule has 1 N–H and O–H groups in total. The van der Waals surface area contributed by atoms with Gasteiger partial charge in [-0.3, -0.25) is 14.9 Å². The van der Waals surface area contributed by atoms with Gasteiger partial charge < -0.3 is 5.32 Å². The fraction of sp³-hybridized carbons (Fsp3) is 0.250. The highest BCUT2D eigenvalue weighted by Crippen LogP contribution is 2.18. The molecule has 5 nitrogen and oxygen atoms in total. The van der Waals surface area contributed by atoms with Crippen molar-refractivity contribution in [2.75, 3.05) is 6.54 Å². The first-order valence-electron chi connectivity index (χ1n) is 5.18. The van der Waals surface area contributed by atoms with Crippen molar-refractivity contribution < 1.29 is 14.1 Å². The van der Waals surface area contributed by atoms with E-state index in [4.69, 9.17) is 0 Å². The maximum absolute atomic E-state index is 12.9. The monoisotopic (exact) mass is 250 g/mol. The number of hydrogen-bond donors (Lipinski definition) is 1. The Bertz CT molecular complexity index is 532. The molecule has 1 aromatic carbocycles. The zero-order valence-corrected chi connectivity index (χ0v) is 9.70. The largest absolute Gasteiger partial charge is 0.355 e. The van der Waals surface area contributed by atoms with Gasteiger partial charge in [0.15, 0.2) is 0 Å². The van der Waals surface area contributed by atoms with Gasteiger partial charge in [-0.2, -0.15) is 0 Å². The third-order valence-electron chi connectivity index (χ3n) is 2.00. The molecule has 0 fully saturated rings. The number of rotatable bonds is 3. The molecule has 0 unspecified atom stereocenters. The van der Waals surface area contributed by atoms with E-state index >= 15 is 0 Å². The topological polar surface area (TPSA) is 72.2 Å². The summed E-state index contributed by atoms with van der Waals surface area (Å²) in [6.45, 7) is 1.73. The molecule has 0 radical (unpaired) electrons. The van der Waals surface area contributed by atoms with Gasteiger partial charge in [0.05, 0.1) is 4.92 Å². The molecular weight excluding hydrogens is 239 g/mol. The van der Waals surface area contributed by atoms with Crippen molar-refractivity contribution in [1.82, 2.24) is 5.32 Å². The van der Waals surface area contributed by atoms with Gasteiger partial charge in [0, 0.05) is 26.0 Å². The predicted octanol–water partition coefficient (Wildman–Crippen LogP) is 1.61. The summed E-state index contributed by atoms with van der Waals surface area (Å²) < 4.78 is 12.9. The first-order valence-corrected chi connectivity index (χ1v) is 5.18. The van der Waals surface area contributed by atoms with Gasteiger partial charge in [0.25, 0.3) is 5.69 Å². The molecule has 18 heavy (non-hydrogen) atoms. The molecule has 0 aliphatic rings. The van der Waals surface area contributed by atoms with Gasteiger partial charge >= 0.3 is 0 Å². The minimum atomic E-state index is -0.614. The second-order valence-corrected chi connectivity index (χ2v) is 3.45. The quantitative estimate of drug-likeness (QED) is 0.383. The van der Waals surface area contributed by atoms with Gasteiger partial charge in [-0.25, -0.2) is 4.39 Å². The van der Waals surface area contributed by atoms with Crippen LogP contribution in [0.4, 0.5) is 10.1 Å². The minimum absolute atomic E-state index is 0.0304. The number of halogens is 1. The first kappa shape index (κ1) is 13.6. The number of carbonyl (C=O) groups excluding carboxylic acids is 1. The Morgan fingerprint density at radius 3 is 2.89 bits per heavy atom. The maximum atomic E-state index is 12.9. The molecule has 0 heterocycles.